The Hall–Kier alpha value is -2.08. The SMILES string of the molecule is NC(N)=NCc1cccc(C(=O)NCC2CCCO2)c1. The molecule has 1 fully saturated rings. The van der Waals surface area contributed by atoms with Crippen LogP contribution in [0.3, 0.4) is 0 Å². The molecule has 1 unspecified atom stereocenters. The molecular weight excluding hydrogens is 256 g/mol. The lowest BCUT2D eigenvalue weighted by Gasteiger charge is -2.11. The summed E-state index contributed by atoms with van der Waals surface area (Å²) < 4.78 is 5.47. The molecule has 6 heteroatoms. The summed E-state index contributed by atoms with van der Waals surface area (Å²) in [5, 5.41) is 2.88. The van der Waals surface area contributed by atoms with Gasteiger partial charge in [-0.15, -0.1) is 0 Å². The van der Waals surface area contributed by atoms with E-state index in [0.29, 0.717) is 18.7 Å². The molecule has 108 valence electrons. The first kappa shape index (κ1) is 14.3. The van der Waals surface area contributed by atoms with E-state index >= 15 is 0 Å². The third-order valence-electron chi connectivity index (χ3n) is 3.15. The van der Waals surface area contributed by atoms with Crippen molar-refractivity contribution in [3.63, 3.8) is 0 Å². The maximum Gasteiger partial charge on any atom is 0.251 e. The smallest absolute Gasteiger partial charge is 0.251 e. The number of nitrogens with one attached hydrogen (secondary N) is 1. The Morgan fingerprint density at radius 1 is 1.45 bits per heavy atom. The summed E-state index contributed by atoms with van der Waals surface area (Å²) in [4.78, 5) is 16.0. The number of carbonyl (C=O) groups excluding carboxylic acids is 1. The Balaban J connectivity index is 1.91. The van der Waals surface area contributed by atoms with Crippen molar-refractivity contribution in [2.75, 3.05) is 13.2 Å². The van der Waals surface area contributed by atoms with Crippen molar-refractivity contribution in [1.82, 2.24) is 5.32 Å². The van der Waals surface area contributed by atoms with Gasteiger partial charge in [0.2, 0.25) is 0 Å². The van der Waals surface area contributed by atoms with Crippen molar-refractivity contribution < 1.29 is 9.53 Å². The molecule has 1 atom stereocenters. The van der Waals surface area contributed by atoms with Gasteiger partial charge in [0.15, 0.2) is 5.96 Å². The fourth-order valence-electron chi connectivity index (χ4n) is 2.11. The Labute approximate surface area is 118 Å². The highest BCUT2D eigenvalue weighted by Gasteiger charge is 2.16. The first-order valence-electron chi connectivity index (χ1n) is 6.69. The first-order chi connectivity index (χ1) is 9.65. The first-order valence-corrected chi connectivity index (χ1v) is 6.69. The minimum Gasteiger partial charge on any atom is -0.376 e. The summed E-state index contributed by atoms with van der Waals surface area (Å²) in [6.45, 7) is 1.71. The van der Waals surface area contributed by atoms with Crippen LogP contribution in [-0.2, 0) is 11.3 Å². The maximum atomic E-state index is 12.0. The molecule has 0 radical (unpaired) electrons. The van der Waals surface area contributed by atoms with Gasteiger partial charge in [0.1, 0.15) is 0 Å². The van der Waals surface area contributed by atoms with E-state index in [9.17, 15) is 4.79 Å². The third-order valence-corrected chi connectivity index (χ3v) is 3.15. The molecule has 0 aromatic heterocycles. The molecule has 1 aliphatic heterocycles. The zero-order valence-corrected chi connectivity index (χ0v) is 11.3. The minimum absolute atomic E-state index is 0.0400. The molecule has 1 amide bonds. The largest absolute Gasteiger partial charge is 0.376 e. The molecule has 0 saturated carbocycles. The van der Waals surface area contributed by atoms with Gasteiger partial charge >= 0.3 is 0 Å². The molecule has 1 aromatic carbocycles. The summed E-state index contributed by atoms with van der Waals surface area (Å²) in [7, 11) is 0. The summed E-state index contributed by atoms with van der Waals surface area (Å²) >= 11 is 0. The van der Waals surface area contributed by atoms with Crippen LogP contribution < -0.4 is 16.8 Å². The predicted octanol–water partition coefficient (Wildman–Crippen LogP) is 0.369. The zero-order valence-electron chi connectivity index (χ0n) is 11.3. The fourth-order valence-corrected chi connectivity index (χ4v) is 2.11. The second-order valence-electron chi connectivity index (χ2n) is 4.79. The molecule has 6 nitrogen and oxygen atoms in total. The number of carbonyl (C=O) groups is 1. The van der Waals surface area contributed by atoms with Crippen LogP contribution in [0.4, 0.5) is 0 Å². The van der Waals surface area contributed by atoms with Crippen LogP contribution >= 0.6 is 0 Å². The van der Waals surface area contributed by atoms with Crippen LogP contribution in [0.15, 0.2) is 29.3 Å². The predicted molar refractivity (Wildman–Crippen MR) is 77.3 cm³/mol. The number of ether oxygens (including phenoxy) is 1. The second-order valence-corrected chi connectivity index (χ2v) is 4.79. The van der Waals surface area contributed by atoms with Crippen molar-refractivity contribution in [2.45, 2.75) is 25.5 Å². The highest BCUT2D eigenvalue weighted by Crippen LogP contribution is 2.11. The van der Waals surface area contributed by atoms with Gasteiger partial charge in [0, 0.05) is 18.7 Å². The molecule has 20 heavy (non-hydrogen) atoms. The molecule has 0 aliphatic carbocycles. The van der Waals surface area contributed by atoms with Gasteiger partial charge in [-0.1, -0.05) is 12.1 Å². The lowest BCUT2D eigenvalue weighted by atomic mass is 10.1. The van der Waals surface area contributed by atoms with Gasteiger partial charge in [-0.2, -0.15) is 0 Å². The molecule has 1 saturated heterocycles. The van der Waals surface area contributed by atoms with Crippen molar-refractivity contribution in [3.8, 4) is 0 Å². The average molecular weight is 276 g/mol. The van der Waals surface area contributed by atoms with Crippen LogP contribution in [0.2, 0.25) is 0 Å². The Morgan fingerprint density at radius 2 is 2.30 bits per heavy atom. The molecular formula is C14H20N4O2. The monoisotopic (exact) mass is 276 g/mol. The molecule has 2 rings (SSSR count). The Bertz CT molecular complexity index is 492. The summed E-state index contributed by atoms with van der Waals surface area (Å²) in [5.74, 6) is -0.0645. The van der Waals surface area contributed by atoms with E-state index < -0.39 is 0 Å². The zero-order chi connectivity index (χ0) is 14.4. The Kier molecular flexibility index (Phi) is 4.95. The number of amides is 1. The third kappa shape index (κ3) is 4.24. The molecule has 0 spiro atoms. The standard InChI is InChI=1S/C14H20N4O2/c15-14(16)18-8-10-3-1-4-11(7-10)13(19)17-9-12-5-2-6-20-12/h1,3-4,7,12H,2,5-6,8-9H2,(H,17,19)(H4,15,16,18). The number of hydrogen-bond acceptors (Lipinski definition) is 3. The minimum atomic E-state index is -0.105. The van der Waals surface area contributed by atoms with E-state index in [1.165, 1.54) is 0 Å². The topological polar surface area (TPSA) is 103 Å². The van der Waals surface area contributed by atoms with Crippen LogP contribution in [0, 0.1) is 0 Å². The van der Waals surface area contributed by atoms with Crippen LogP contribution in [0.25, 0.3) is 0 Å². The normalized spacial score (nSPS) is 17.7. The number of benzene rings is 1. The van der Waals surface area contributed by atoms with Gasteiger partial charge in [-0.25, -0.2) is 4.99 Å². The van der Waals surface area contributed by atoms with E-state index in [1.807, 2.05) is 12.1 Å². The number of aliphatic imine (C=N–C) groups is 1. The van der Waals surface area contributed by atoms with E-state index in [2.05, 4.69) is 10.3 Å². The van der Waals surface area contributed by atoms with Gasteiger partial charge < -0.3 is 21.5 Å². The molecule has 1 heterocycles. The maximum absolute atomic E-state index is 12.0. The van der Waals surface area contributed by atoms with Crippen molar-refractivity contribution in [1.29, 1.82) is 0 Å². The summed E-state index contributed by atoms with van der Waals surface area (Å²) in [6, 6.07) is 7.25. The van der Waals surface area contributed by atoms with Crippen LogP contribution in [0.1, 0.15) is 28.8 Å². The van der Waals surface area contributed by atoms with Crippen molar-refractivity contribution in [3.05, 3.63) is 35.4 Å². The second kappa shape index (κ2) is 6.91. The van der Waals surface area contributed by atoms with Crippen molar-refractivity contribution >= 4 is 11.9 Å². The van der Waals surface area contributed by atoms with Crippen LogP contribution in [-0.4, -0.2) is 31.1 Å². The van der Waals surface area contributed by atoms with Crippen molar-refractivity contribution in [2.24, 2.45) is 16.5 Å². The summed E-state index contributed by atoms with van der Waals surface area (Å²) in [5.41, 5.74) is 12.1. The fraction of sp³-hybridized carbons (Fsp3) is 0.429. The number of rotatable bonds is 5. The lowest BCUT2D eigenvalue weighted by molar-refractivity contribution is 0.0857. The highest BCUT2D eigenvalue weighted by atomic mass is 16.5. The van der Waals surface area contributed by atoms with Crippen LogP contribution in [0.5, 0.6) is 0 Å². The molecule has 0 bridgehead atoms. The van der Waals surface area contributed by atoms with Gasteiger partial charge in [-0.3, -0.25) is 4.79 Å². The average Bonchev–Trinajstić information content (AvgIpc) is 2.96. The molecule has 5 N–H and O–H groups in total. The quantitative estimate of drug-likeness (QED) is 0.534. The van der Waals surface area contributed by atoms with Gasteiger partial charge in [-0.05, 0) is 30.5 Å². The summed E-state index contributed by atoms with van der Waals surface area (Å²) in [6.07, 6.45) is 2.21. The molecule has 1 aromatic rings. The van der Waals surface area contributed by atoms with Gasteiger partial charge in [0.05, 0.1) is 12.6 Å². The number of nitrogens with two attached hydrogens (primary N) is 2. The lowest BCUT2D eigenvalue weighted by Crippen LogP contribution is -2.31. The van der Waals surface area contributed by atoms with E-state index in [0.717, 1.165) is 25.0 Å². The van der Waals surface area contributed by atoms with Gasteiger partial charge in [0.25, 0.3) is 5.91 Å². The Morgan fingerprint density at radius 3 is 3.00 bits per heavy atom. The number of nitrogens with zero attached hydrogens (tertiary/aromatic N) is 1. The number of guanidine groups is 1. The molecule has 1 aliphatic rings. The number of hydrogen-bond donors (Lipinski definition) is 3. The highest BCUT2D eigenvalue weighted by molar-refractivity contribution is 5.94. The van der Waals surface area contributed by atoms with E-state index in [1.54, 1.807) is 12.1 Å². The van der Waals surface area contributed by atoms with E-state index in [-0.39, 0.29) is 18.0 Å². The van der Waals surface area contributed by atoms with E-state index in [4.69, 9.17) is 16.2 Å².